The number of aromatic nitrogens is 1. The Morgan fingerprint density at radius 1 is 1.15 bits per heavy atom. The van der Waals surface area contributed by atoms with Gasteiger partial charge in [0.25, 0.3) is 0 Å². The van der Waals surface area contributed by atoms with Crippen molar-refractivity contribution in [2.45, 2.75) is 44.2 Å². The van der Waals surface area contributed by atoms with E-state index in [1.165, 1.54) is 5.56 Å². The molecule has 33 heavy (non-hydrogen) atoms. The lowest BCUT2D eigenvalue weighted by molar-refractivity contribution is -0.151. The van der Waals surface area contributed by atoms with Gasteiger partial charge >= 0.3 is 0 Å². The Morgan fingerprint density at radius 3 is 2.55 bits per heavy atom. The maximum Gasteiger partial charge on any atom is 0.248 e. The molecule has 0 spiro atoms. The predicted molar refractivity (Wildman–Crippen MR) is 123 cm³/mol. The number of likely N-dealkylation sites (tertiary alicyclic amines) is 2. The molecule has 0 unspecified atom stereocenters. The number of ether oxygens (including phenoxy) is 1. The standard InChI is InChI=1S/C25H32N4O4/c1-17-8-11-26-22(14-17)33-20-15-21(24(30)27-32)23(28(2)16-20)25(31)29-12-9-19(10-13-29)18-6-4-3-5-7-18/h3-8,11,14,19-21,23,32H,9-10,12-13,15-16H2,1-2H3,(H,27,30)/t20-,21-,23-/m0/s1. The number of amides is 2. The van der Waals surface area contributed by atoms with Crippen LogP contribution in [0.4, 0.5) is 0 Å². The molecule has 0 saturated carbocycles. The van der Waals surface area contributed by atoms with Crippen LogP contribution in [0.1, 0.15) is 36.3 Å². The molecule has 4 rings (SSSR count). The lowest BCUT2D eigenvalue weighted by Gasteiger charge is -2.43. The number of nitrogens with one attached hydrogen (secondary N) is 1. The first kappa shape index (κ1) is 23.2. The third-order valence-corrected chi connectivity index (χ3v) is 6.82. The van der Waals surface area contributed by atoms with Crippen LogP contribution in [0.2, 0.25) is 0 Å². The molecule has 2 aliphatic heterocycles. The van der Waals surface area contributed by atoms with E-state index in [1.807, 2.05) is 54.1 Å². The second kappa shape index (κ2) is 10.3. The van der Waals surface area contributed by atoms with Crippen molar-refractivity contribution in [3.63, 3.8) is 0 Å². The summed E-state index contributed by atoms with van der Waals surface area (Å²) in [4.78, 5) is 34.1. The molecule has 3 atom stereocenters. The third kappa shape index (κ3) is 5.34. The number of pyridine rings is 1. The van der Waals surface area contributed by atoms with Crippen molar-refractivity contribution in [2.24, 2.45) is 5.92 Å². The molecule has 3 heterocycles. The number of piperidine rings is 2. The van der Waals surface area contributed by atoms with Gasteiger partial charge in [-0.15, -0.1) is 0 Å². The molecule has 2 saturated heterocycles. The van der Waals surface area contributed by atoms with Gasteiger partial charge in [0.05, 0.1) is 5.92 Å². The quantitative estimate of drug-likeness (QED) is 0.534. The topological polar surface area (TPSA) is 95.0 Å². The first-order valence-corrected chi connectivity index (χ1v) is 11.5. The van der Waals surface area contributed by atoms with Gasteiger partial charge in [0, 0.05) is 31.9 Å². The highest BCUT2D eigenvalue weighted by atomic mass is 16.5. The first-order chi connectivity index (χ1) is 16.0. The maximum absolute atomic E-state index is 13.5. The number of rotatable bonds is 5. The van der Waals surface area contributed by atoms with Crippen LogP contribution in [-0.4, -0.2) is 70.6 Å². The van der Waals surface area contributed by atoms with Crippen LogP contribution in [0.15, 0.2) is 48.7 Å². The SMILES string of the molecule is Cc1ccnc(O[C@H]2C[C@H](C(=O)NO)[C@@H](C(=O)N3CCC(c4ccccc4)CC3)N(C)C2)c1. The molecule has 0 aliphatic carbocycles. The normalized spacial score (nSPS) is 24.3. The van der Waals surface area contributed by atoms with Gasteiger partial charge in [0.15, 0.2) is 0 Å². The zero-order valence-corrected chi connectivity index (χ0v) is 19.2. The highest BCUT2D eigenvalue weighted by Crippen LogP contribution is 2.31. The summed E-state index contributed by atoms with van der Waals surface area (Å²) in [5.74, 6) is -0.419. The molecule has 1 aromatic heterocycles. The van der Waals surface area contributed by atoms with Gasteiger partial charge in [0.1, 0.15) is 12.1 Å². The van der Waals surface area contributed by atoms with Crippen molar-refractivity contribution in [3.8, 4) is 5.88 Å². The van der Waals surface area contributed by atoms with E-state index in [-0.39, 0.29) is 12.0 Å². The van der Waals surface area contributed by atoms with Crippen LogP contribution >= 0.6 is 0 Å². The van der Waals surface area contributed by atoms with Crippen LogP contribution in [0.25, 0.3) is 0 Å². The minimum absolute atomic E-state index is 0.0651. The summed E-state index contributed by atoms with van der Waals surface area (Å²) in [6.07, 6.45) is 3.48. The Hall–Kier alpha value is -2.97. The van der Waals surface area contributed by atoms with Crippen molar-refractivity contribution < 1.29 is 19.5 Å². The summed E-state index contributed by atoms with van der Waals surface area (Å²) < 4.78 is 6.03. The Balaban J connectivity index is 1.43. The van der Waals surface area contributed by atoms with Gasteiger partial charge < -0.3 is 9.64 Å². The third-order valence-electron chi connectivity index (χ3n) is 6.82. The average molecular weight is 453 g/mol. The Kier molecular flexibility index (Phi) is 7.25. The summed E-state index contributed by atoms with van der Waals surface area (Å²) in [6.45, 7) is 3.76. The number of benzene rings is 1. The molecule has 1 aromatic carbocycles. The van der Waals surface area contributed by atoms with Gasteiger partial charge in [-0.2, -0.15) is 0 Å². The average Bonchev–Trinajstić information content (AvgIpc) is 2.83. The van der Waals surface area contributed by atoms with Crippen molar-refractivity contribution >= 4 is 11.8 Å². The maximum atomic E-state index is 13.5. The summed E-state index contributed by atoms with van der Waals surface area (Å²) in [5, 5.41) is 9.36. The number of likely N-dealkylation sites (N-methyl/N-ethyl adjacent to an activating group) is 1. The van der Waals surface area contributed by atoms with Crippen LogP contribution < -0.4 is 10.2 Å². The van der Waals surface area contributed by atoms with Gasteiger partial charge in [-0.1, -0.05) is 30.3 Å². The lowest BCUT2D eigenvalue weighted by Crippen LogP contribution is -2.61. The molecule has 0 bridgehead atoms. The summed E-state index contributed by atoms with van der Waals surface area (Å²) in [7, 11) is 1.83. The highest BCUT2D eigenvalue weighted by molar-refractivity contribution is 5.90. The molecule has 2 aliphatic rings. The van der Waals surface area contributed by atoms with Crippen molar-refractivity contribution in [1.82, 2.24) is 20.3 Å². The van der Waals surface area contributed by atoms with E-state index in [2.05, 4.69) is 17.1 Å². The molecule has 2 aromatic rings. The number of carbonyl (C=O) groups is 2. The van der Waals surface area contributed by atoms with E-state index >= 15 is 0 Å². The summed E-state index contributed by atoms with van der Waals surface area (Å²) in [5.41, 5.74) is 4.09. The highest BCUT2D eigenvalue weighted by Gasteiger charge is 2.45. The number of hydrogen-bond donors (Lipinski definition) is 2. The van der Waals surface area contributed by atoms with Gasteiger partial charge in [-0.3, -0.25) is 19.7 Å². The second-order valence-corrected chi connectivity index (χ2v) is 9.12. The second-order valence-electron chi connectivity index (χ2n) is 9.12. The summed E-state index contributed by atoms with van der Waals surface area (Å²) >= 11 is 0. The zero-order chi connectivity index (χ0) is 23.4. The first-order valence-electron chi connectivity index (χ1n) is 11.5. The number of carbonyl (C=O) groups excluding carboxylic acids is 2. The van der Waals surface area contributed by atoms with Crippen molar-refractivity contribution in [3.05, 3.63) is 59.8 Å². The van der Waals surface area contributed by atoms with E-state index < -0.39 is 17.9 Å². The van der Waals surface area contributed by atoms with Crippen LogP contribution in [0.3, 0.4) is 0 Å². The Morgan fingerprint density at radius 2 is 1.88 bits per heavy atom. The molecule has 2 amide bonds. The zero-order valence-electron chi connectivity index (χ0n) is 19.2. The number of aryl methyl sites for hydroxylation is 1. The van der Waals surface area contributed by atoms with Gasteiger partial charge in [0.2, 0.25) is 17.7 Å². The molecule has 0 radical (unpaired) electrons. The van der Waals surface area contributed by atoms with Crippen molar-refractivity contribution in [1.29, 1.82) is 0 Å². The molecule has 2 fully saturated rings. The molecular weight excluding hydrogens is 420 g/mol. The van der Waals surface area contributed by atoms with Crippen LogP contribution in [0.5, 0.6) is 5.88 Å². The largest absolute Gasteiger partial charge is 0.473 e. The van der Waals surface area contributed by atoms with Crippen LogP contribution in [0, 0.1) is 12.8 Å². The van der Waals surface area contributed by atoms with Gasteiger partial charge in [-0.05, 0) is 56.3 Å². The molecule has 8 nitrogen and oxygen atoms in total. The van der Waals surface area contributed by atoms with E-state index in [0.29, 0.717) is 37.9 Å². The van der Waals surface area contributed by atoms with Gasteiger partial charge in [-0.25, -0.2) is 10.5 Å². The molecule has 2 N–H and O–H groups in total. The van der Waals surface area contributed by atoms with E-state index in [4.69, 9.17) is 4.74 Å². The van der Waals surface area contributed by atoms with E-state index in [1.54, 1.807) is 11.7 Å². The minimum Gasteiger partial charge on any atom is -0.473 e. The van der Waals surface area contributed by atoms with E-state index in [9.17, 15) is 14.8 Å². The monoisotopic (exact) mass is 452 g/mol. The molecular formula is C25H32N4O4. The number of hydroxylamine groups is 1. The molecule has 8 heteroatoms. The lowest BCUT2D eigenvalue weighted by atomic mass is 9.85. The number of nitrogens with zero attached hydrogens (tertiary/aromatic N) is 3. The fourth-order valence-electron chi connectivity index (χ4n) is 5.10. The van der Waals surface area contributed by atoms with Crippen LogP contribution in [-0.2, 0) is 9.59 Å². The molecule has 176 valence electrons. The fourth-order valence-corrected chi connectivity index (χ4v) is 5.10. The fraction of sp³-hybridized carbons (Fsp3) is 0.480. The Labute approximate surface area is 194 Å². The smallest absolute Gasteiger partial charge is 0.248 e. The minimum atomic E-state index is -0.720. The predicted octanol–water partition coefficient (Wildman–Crippen LogP) is 2.37. The Bertz CT molecular complexity index is 962. The number of hydrogen-bond acceptors (Lipinski definition) is 6. The van der Waals surface area contributed by atoms with Crippen molar-refractivity contribution in [2.75, 3.05) is 26.7 Å². The van der Waals surface area contributed by atoms with E-state index in [0.717, 1.165) is 18.4 Å². The summed E-state index contributed by atoms with van der Waals surface area (Å²) in [6, 6.07) is 13.5.